The lowest BCUT2D eigenvalue weighted by Crippen LogP contribution is -2.20. The molecule has 2 nitrogen and oxygen atoms in total. The Hall–Kier alpha value is -0.960. The van der Waals surface area contributed by atoms with Gasteiger partial charge in [-0.25, -0.2) is 0 Å². The van der Waals surface area contributed by atoms with Crippen molar-refractivity contribution in [1.29, 1.82) is 0 Å². The van der Waals surface area contributed by atoms with E-state index in [-0.39, 0.29) is 0 Å². The third-order valence-corrected chi connectivity index (χ3v) is 4.90. The van der Waals surface area contributed by atoms with Gasteiger partial charge in [-0.3, -0.25) is 0 Å². The molecule has 1 unspecified atom stereocenters. The molecule has 0 saturated carbocycles. The van der Waals surface area contributed by atoms with E-state index in [1.807, 2.05) is 25.2 Å². The Bertz CT molecular complexity index is 619. The molecule has 1 atom stereocenters. The van der Waals surface area contributed by atoms with Gasteiger partial charge in [0.05, 0.1) is 10.0 Å². The van der Waals surface area contributed by atoms with Crippen molar-refractivity contribution < 1.29 is 0 Å². The second kappa shape index (κ2) is 5.80. The first kappa shape index (κ1) is 14.0. The largest absolute Gasteiger partial charge is 0.349 e. The summed E-state index contributed by atoms with van der Waals surface area (Å²) in [6.45, 7) is 0.767. The smallest absolute Gasteiger partial charge is 0.0642 e. The summed E-state index contributed by atoms with van der Waals surface area (Å²) in [5.74, 6) is 0. The Kier molecular flexibility index (Phi) is 4.06. The molecule has 1 aliphatic carbocycles. The average molecular weight is 309 g/mol. The molecule has 1 aliphatic rings. The van der Waals surface area contributed by atoms with E-state index in [0.717, 1.165) is 12.1 Å². The molecule has 1 aromatic heterocycles. The van der Waals surface area contributed by atoms with Crippen molar-refractivity contribution in [3.8, 4) is 0 Å². The highest BCUT2D eigenvalue weighted by Gasteiger charge is 2.20. The SMILES string of the molecule is CNC1CCCc2cn(Cc3cccc(Cl)c3Cl)cc21. The molecule has 0 amide bonds. The zero-order valence-corrected chi connectivity index (χ0v) is 13.0. The van der Waals surface area contributed by atoms with Crippen LogP contribution in [0.5, 0.6) is 0 Å². The summed E-state index contributed by atoms with van der Waals surface area (Å²) >= 11 is 12.3. The van der Waals surface area contributed by atoms with Crippen molar-refractivity contribution in [2.24, 2.45) is 0 Å². The predicted molar refractivity (Wildman–Crippen MR) is 84.7 cm³/mol. The van der Waals surface area contributed by atoms with Crippen molar-refractivity contribution in [3.63, 3.8) is 0 Å². The minimum atomic E-state index is 0.481. The molecule has 1 aromatic carbocycles. The molecule has 3 rings (SSSR count). The number of hydrogen-bond acceptors (Lipinski definition) is 1. The Balaban J connectivity index is 1.89. The van der Waals surface area contributed by atoms with Crippen LogP contribution in [0.4, 0.5) is 0 Å². The highest BCUT2D eigenvalue weighted by atomic mass is 35.5. The highest BCUT2D eigenvalue weighted by Crippen LogP contribution is 2.31. The number of fused-ring (bicyclic) bond motifs is 1. The van der Waals surface area contributed by atoms with E-state index in [9.17, 15) is 0 Å². The van der Waals surface area contributed by atoms with E-state index >= 15 is 0 Å². The van der Waals surface area contributed by atoms with Crippen LogP contribution in [0, 0.1) is 0 Å². The molecule has 0 bridgehead atoms. The van der Waals surface area contributed by atoms with Crippen LogP contribution < -0.4 is 5.32 Å². The molecular formula is C16H18Cl2N2. The number of nitrogens with zero attached hydrogens (tertiary/aromatic N) is 1. The van der Waals surface area contributed by atoms with Gasteiger partial charge in [0.25, 0.3) is 0 Å². The first-order valence-corrected chi connectivity index (χ1v) is 7.73. The standard InChI is InChI=1S/C16H18Cl2N2/c1-19-15-7-3-4-11-8-20(10-13(11)15)9-12-5-2-6-14(17)16(12)18/h2,5-6,8,10,15,19H,3-4,7,9H2,1H3. The maximum absolute atomic E-state index is 6.27. The van der Waals surface area contributed by atoms with E-state index < -0.39 is 0 Å². The maximum atomic E-state index is 6.27. The van der Waals surface area contributed by atoms with E-state index in [0.29, 0.717) is 16.1 Å². The van der Waals surface area contributed by atoms with Crippen molar-refractivity contribution in [2.45, 2.75) is 31.8 Å². The lowest BCUT2D eigenvalue weighted by Gasteiger charge is -2.21. The zero-order valence-electron chi connectivity index (χ0n) is 11.5. The van der Waals surface area contributed by atoms with E-state index in [2.05, 4.69) is 22.3 Å². The lowest BCUT2D eigenvalue weighted by molar-refractivity contribution is 0.498. The quantitative estimate of drug-likeness (QED) is 0.887. The van der Waals surface area contributed by atoms with Crippen LogP contribution in [0.3, 0.4) is 0 Å². The Morgan fingerprint density at radius 2 is 2.15 bits per heavy atom. The van der Waals surface area contributed by atoms with E-state index in [4.69, 9.17) is 23.2 Å². The number of nitrogens with one attached hydrogen (secondary N) is 1. The molecule has 0 spiro atoms. The van der Waals surface area contributed by atoms with Crippen LogP contribution in [0.2, 0.25) is 10.0 Å². The summed E-state index contributed by atoms with van der Waals surface area (Å²) in [7, 11) is 2.03. The fourth-order valence-corrected chi connectivity index (χ4v) is 3.39. The summed E-state index contributed by atoms with van der Waals surface area (Å²) < 4.78 is 2.22. The third-order valence-electron chi connectivity index (χ3n) is 4.04. The molecule has 0 aliphatic heterocycles. The summed E-state index contributed by atoms with van der Waals surface area (Å²) in [6, 6.07) is 6.28. The predicted octanol–water partition coefficient (Wildman–Crippen LogP) is 4.44. The van der Waals surface area contributed by atoms with Crippen LogP contribution in [-0.2, 0) is 13.0 Å². The van der Waals surface area contributed by atoms with Crippen molar-refractivity contribution in [2.75, 3.05) is 7.05 Å². The average Bonchev–Trinajstić information content (AvgIpc) is 2.86. The Morgan fingerprint density at radius 3 is 2.95 bits per heavy atom. The molecule has 1 N–H and O–H groups in total. The number of benzene rings is 1. The molecule has 0 radical (unpaired) electrons. The zero-order chi connectivity index (χ0) is 14.1. The Labute approximate surface area is 129 Å². The second-order valence-corrected chi connectivity index (χ2v) is 6.14. The minimum Gasteiger partial charge on any atom is -0.349 e. The van der Waals surface area contributed by atoms with Gasteiger partial charge in [0, 0.05) is 25.0 Å². The molecular weight excluding hydrogens is 291 g/mol. The van der Waals surface area contributed by atoms with E-state index in [1.165, 1.54) is 30.4 Å². The van der Waals surface area contributed by atoms with Crippen molar-refractivity contribution in [1.82, 2.24) is 9.88 Å². The molecule has 2 aromatic rings. The van der Waals surface area contributed by atoms with Gasteiger partial charge in [-0.15, -0.1) is 0 Å². The first-order chi connectivity index (χ1) is 9.69. The minimum absolute atomic E-state index is 0.481. The number of aryl methyl sites for hydroxylation is 1. The highest BCUT2D eigenvalue weighted by molar-refractivity contribution is 6.42. The summed E-state index contributed by atoms with van der Waals surface area (Å²) in [6.07, 6.45) is 8.12. The summed E-state index contributed by atoms with van der Waals surface area (Å²) in [5.41, 5.74) is 3.94. The normalized spacial score (nSPS) is 18.1. The van der Waals surface area contributed by atoms with Crippen LogP contribution in [0.25, 0.3) is 0 Å². The van der Waals surface area contributed by atoms with Gasteiger partial charge >= 0.3 is 0 Å². The fourth-order valence-electron chi connectivity index (χ4n) is 3.01. The van der Waals surface area contributed by atoms with Crippen molar-refractivity contribution in [3.05, 3.63) is 57.3 Å². The molecule has 20 heavy (non-hydrogen) atoms. The topological polar surface area (TPSA) is 17.0 Å². The molecule has 0 saturated heterocycles. The molecule has 1 heterocycles. The van der Waals surface area contributed by atoms with Crippen LogP contribution in [0.15, 0.2) is 30.6 Å². The van der Waals surface area contributed by atoms with Gasteiger partial charge in [0.15, 0.2) is 0 Å². The first-order valence-electron chi connectivity index (χ1n) is 6.97. The number of aromatic nitrogens is 1. The molecule has 106 valence electrons. The van der Waals surface area contributed by atoms with Crippen LogP contribution in [-0.4, -0.2) is 11.6 Å². The lowest BCUT2D eigenvalue weighted by atomic mass is 9.91. The van der Waals surface area contributed by atoms with Crippen LogP contribution in [0.1, 0.15) is 35.6 Å². The fraction of sp³-hybridized carbons (Fsp3) is 0.375. The van der Waals surface area contributed by atoms with Gasteiger partial charge in [-0.2, -0.15) is 0 Å². The number of hydrogen-bond donors (Lipinski definition) is 1. The van der Waals surface area contributed by atoms with Crippen molar-refractivity contribution >= 4 is 23.2 Å². The maximum Gasteiger partial charge on any atom is 0.0642 e. The Morgan fingerprint density at radius 1 is 1.30 bits per heavy atom. The second-order valence-electron chi connectivity index (χ2n) is 5.36. The third kappa shape index (κ3) is 2.60. The summed E-state index contributed by atoms with van der Waals surface area (Å²) in [4.78, 5) is 0. The van der Waals surface area contributed by atoms with Gasteiger partial charge in [-0.1, -0.05) is 35.3 Å². The monoisotopic (exact) mass is 308 g/mol. The number of halogens is 2. The van der Waals surface area contributed by atoms with Gasteiger partial charge in [0.2, 0.25) is 0 Å². The summed E-state index contributed by atoms with van der Waals surface area (Å²) in [5, 5.41) is 4.68. The van der Waals surface area contributed by atoms with E-state index in [1.54, 1.807) is 0 Å². The number of rotatable bonds is 3. The van der Waals surface area contributed by atoms with Gasteiger partial charge in [-0.05, 0) is 49.1 Å². The van der Waals surface area contributed by atoms with Crippen LogP contribution >= 0.6 is 23.2 Å². The molecule has 0 fully saturated rings. The van der Waals surface area contributed by atoms with Gasteiger partial charge < -0.3 is 9.88 Å². The van der Waals surface area contributed by atoms with Gasteiger partial charge in [0.1, 0.15) is 0 Å². The molecule has 4 heteroatoms.